The summed E-state index contributed by atoms with van der Waals surface area (Å²) in [5.41, 5.74) is 3.33. The maximum absolute atomic E-state index is 12.7. The predicted octanol–water partition coefficient (Wildman–Crippen LogP) is 4.79. The molecule has 1 amide bonds. The second kappa shape index (κ2) is 10.2. The number of para-hydroxylation sites is 2. The Morgan fingerprint density at radius 3 is 2.11 bits per heavy atom. The second-order valence-corrected chi connectivity index (χ2v) is 8.39. The highest BCUT2D eigenvalue weighted by atomic mass is 16.5. The Morgan fingerprint density at radius 1 is 0.778 bits per heavy atom. The Kier molecular flexibility index (Phi) is 6.53. The minimum Gasteiger partial charge on any atom is -0.487 e. The van der Waals surface area contributed by atoms with E-state index in [1.807, 2.05) is 54.6 Å². The van der Waals surface area contributed by atoms with Crippen LogP contribution < -0.4 is 10.1 Å². The highest BCUT2D eigenvalue weighted by molar-refractivity contribution is 5.97. The minimum atomic E-state index is -1.12. The Labute approximate surface area is 207 Å². The molecule has 7 heteroatoms. The molecule has 2 N–H and O–H groups in total. The van der Waals surface area contributed by atoms with E-state index < -0.39 is 17.9 Å². The summed E-state index contributed by atoms with van der Waals surface area (Å²) in [6, 6.07) is 28.7. The van der Waals surface area contributed by atoms with Crippen LogP contribution in [0.4, 0.5) is 0 Å². The zero-order valence-electron chi connectivity index (χ0n) is 19.3. The van der Waals surface area contributed by atoms with Crippen molar-refractivity contribution in [1.82, 2.24) is 15.3 Å². The van der Waals surface area contributed by atoms with Crippen molar-refractivity contribution in [2.24, 2.45) is 0 Å². The smallest absolute Gasteiger partial charge is 0.326 e. The van der Waals surface area contributed by atoms with Crippen LogP contribution in [0.3, 0.4) is 0 Å². The van der Waals surface area contributed by atoms with Gasteiger partial charge in [-0.1, -0.05) is 60.7 Å². The summed E-state index contributed by atoms with van der Waals surface area (Å²) >= 11 is 0. The molecule has 5 aromatic rings. The largest absolute Gasteiger partial charge is 0.487 e. The molecule has 7 nitrogen and oxygen atoms in total. The van der Waals surface area contributed by atoms with E-state index in [1.165, 1.54) is 0 Å². The fourth-order valence-electron chi connectivity index (χ4n) is 3.93. The second-order valence-electron chi connectivity index (χ2n) is 8.39. The number of benzene rings is 3. The van der Waals surface area contributed by atoms with Gasteiger partial charge in [-0.15, -0.1) is 0 Å². The summed E-state index contributed by atoms with van der Waals surface area (Å²) < 4.78 is 5.85. The molecule has 2 aromatic heterocycles. The van der Waals surface area contributed by atoms with Gasteiger partial charge < -0.3 is 15.2 Å². The van der Waals surface area contributed by atoms with E-state index in [1.54, 1.807) is 42.5 Å². The lowest BCUT2D eigenvalue weighted by Gasteiger charge is -2.15. The predicted molar refractivity (Wildman–Crippen MR) is 137 cm³/mol. The van der Waals surface area contributed by atoms with Gasteiger partial charge in [0.05, 0.1) is 16.7 Å². The van der Waals surface area contributed by atoms with E-state index in [0.29, 0.717) is 17.9 Å². The molecule has 178 valence electrons. The van der Waals surface area contributed by atoms with Crippen molar-refractivity contribution in [3.8, 4) is 5.75 Å². The number of aliphatic carboxylic acids is 1. The Hall–Kier alpha value is -4.78. The number of aromatic nitrogens is 2. The van der Waals surface area contributed by atoms with Crippen LogP contribution in [0.1, 0.15) is 21.7 Å². The third-order valence-corrected chi connectivity index (χ3v) is 5.84. The van der Waals surface area contributed by atoms with E-state index in [2.05, 4.69) is 15.3 Å². The number of fused-ring (bicyclic) bond motifs is 2. The topological polar surface area (TPSA) is 101 Å². The Bertz CT molecular complexity index is 1550. The van der Waals surface area contributed by atoms with Gasteiger partial charge >= 0.3 is 5.97 Å². The quantitative estimate of drug-likeness (QED) is 0.333. The Morgan fingerprint density at radius 2 is 1.42 bits per heavy atom. The normalized spacial score (nSPS) is 11.8. The van der Waals surface area contributed by atoms with E-state index in [9.17, 15) is 14.7 Å². The Balaban J connectivity index is 1.21. The van der Waals surface area contributed by atoms with Crippen LogP contribution >= 0.6 is 0 Å². The molecule has 3 aromatic carbocycles. The molecule has 0 bridgehead atoms. The summed E-state index contributed by atoms with van der Waals surface area (Å²) in [4.78, 5) is 33.5. The molecule has 1 atom stereocenters. The van der Waals surface area contributed by atoms with E-state index in [-0.39, 0.29) is 12.1 Å². The molecule has 2 heterocycles. The number of nitrogens with zero attached hydrogens (tertiary/aromatic N) is 2. The van der Waals surface area contributed by atoms with Gasteiger partial charge in [0.15, 0.2) is 0 Å². The minimum absolute atomic E-state index is 0.126. The van der Waals surface area contributed by atoms with Crippen molar-refractivity contribution in [3.05, 3.63) is 114 Å². The summed E-state index contributed by atoms with van der Waals surface area (Å²) in [6.07, 6.45) is 0.126. The molecule has 0 radical (unpaired) electrons. The zero-order chi connectivity index (χ0) is 24.9. The summed E-state index contributed by atoms with van der Waals surface area (Å²) in [6.45, 7) is 0.316. The SMILES string of the molecule is O=C(NC(Cc1ccc(OCc2ccc3ccccc3n2)cc1)C(=O)O)c1ccc2ccccc2n1. The molecule has 0 spiro atoms. The maximum atomic E-state index is 12.7. The lowest BCUT2D eigenvalue weighted by Crippen LogP contribution is -2.42. The van der Waals surface area contributed by atoms with Crippen molar-refractivity contribution in [2.45, 2.75) is 19.1 Å². The molecular formula is C29H23N3O4. The number of carboxylic acids is 1. The molecule has 0 fully saturated rings. The number of carbonyl (C=O) groups excluding carboxylic acids is 1. The van der Waals surface area contributed by atoms with Gasteiger partial charge in [0.1, 0.15) is 24.1 Å². The first kappa shape index (κ1) is 23.0. The van der Waals surface area contributed by atoms with Crippen LogP contribution in [0.25, 0.3) is 21.8 Å². The molecular weight excluding hydrogens is 454 g/mol. The third kappa shape index (κ3) is 5.31. The first-order valence-corrected chi connectivity index (χ1v) is 11.5. The van der Waals surface area contributed by atoms with Crippen LogP contribution in [0.15, 0.2) is 97.1 Å². The van der Waals surface area contributed by atoms with Crippen molar-refractivity contribution < 1.29 is 19.4 Å². The lowest BCUT2D eigenvalue weighted by atomic mass is 10.1. The van der Waals surface area contributed by atoms with Crippen LogP contribution in [0.2, 0.25) is 0 Å². The number of ether oxygens (including phenoxy) is 1. The lowest BCUT2D eigenvalue weighted by molar-refractivity contribution is -0.139. The maximum Gasteiger partial charge on any atom is 0.326 e. The van der Waals surface area contributed by atoms with Crippen LogP contribution in [-0.4, -0.2) is 33.0 Å². The van der Waals surface area contributed by atoms with Crippen molar-refractivity contribution in [3.63, 3.8) is 0 Å². The van der Waals surface area contributed by atoms with Gasteiger partial charge in [0.2, 0.25) is 0 Å². The summed E-state index contributed by atoms with van der Waals surface area (Å²) in [5.74, 6) is -1.01. The average Bonchev–Trinajstić information content (AvgIpc) is 2.91. The molecule has 36 heavy (non-hydrogen) atoms. The molecule has 0 aliphatic heterocycles. The van der Waals surface area contributed by atoms with Gasteiger partial charge in [-0.2, -0.15) is 0 Å². The number of nitrogens with one attached hydrogen (secondary N) is 1. The standard InChI is InChI=1S/C29H23N3O4/c33-28(26-16-12-21-6-2-4-8-25(21)31-26)32-27(29(34)35)17-19-9-14-23(15-10-19)36-18-22-13-11-20-5-1-3-7-24(20)30-22/h1-16,27H,17-18H2,(H,32,33)(H,34,35). The van der Waals surface area contributed by atoms with Crippen molar-refractivity contribution >= 4 is 33.7 Å². The summed E-state index contributed by atoms with van der Waals surface area (Å²) in [5, 5.41) is 14.2. The van der Waals surface area contributed by atoms with Crippen LogP contribution in [-0.2, 0) is 17.8 Å². The van der Waals surface area contributed by atoms with E-state index in [0.717, 1.165) is 27.5 Å². The fourth-order valence-corrected chi connectivity index (χ4v) is 3.93. The van der Waals surface area contributed by atoms with E-state index in [4.69, 9.17) is 4.74 Å². The van der Waals surface area contributed by atoms with Crippen molar-refractivity contribution in [1.29, 1.82) is 0 Å². The number of pyridine rings is 2. The van der Waals surface area contributed by atoms with Crippen molar-refractivity contribution in [2.75, 3.05) is 0 Å². The van der Waals surface area contributed by atoms with Crippen LogP contribution in [0.5, 0.6) is 5.75 Å². The highest BCUT2D eigenvalue weighted by Crippen LogP contribution is 2.17. The average molecular weight is 478 g/mol. The molecule has 5 rings (SSSR count). The molecule has 0 saturated carbocycles. The number of hydrogen-bond donors (Lipinski definition) is 2. The first-order valence-electron chi connectivity index (χ1n) is 11.5. The number of hydrogen-bond acceptors (Lipinski definition) is 5. The number of carboxylic acid groups (broad SMARTS) is 1. The van der Waals surface area contributed by atoms with Gasteiger partial charge in [0, 0.05) is 17.2 Å². The number of carbonyl (C=O) groups is 2. The molecule has 0 aliphatic carbocycles. The third-order valence-electron chi connectivity index (χ3n) is 5.84. The highest BCUT2D eigenvalue weighted by Gasteiger charge is 2.22. The molecule has 0 aliphatic rings. The monoisotopic (exact) mass is 477 g/mol. The number of rotatable bonds is 8. The first-order chi connectivity index (χ1) is 17.5. The van der Waals surface area contributed by atoms with Crippen LogP contribution in [0, 0.1) is 0 Å². The van der Waals surface area contributed by atoms with Gasteiger partial charge in [-0.05, 0) is 42.0 Å². The van der Waals surface area contributed by atoms with Gasteiger partial charge in [0.25, 0.3) is 5.91 Å². The fraction of sp³-hybridized carbons (Fsp3) is 0.103. The van der Waals surface area contributed by atoms with Gasteiger partial charge in [-0.25, -0.2) is 14.8 Å². The van der Waals surface area contributed by atoms with Gasteiger partial charge in [-0.3, -0.25) is 4.79 Å². The zero-order valence-corrected chi connectivity index (χ0v) is 19.3. The molecule has 1 unspecified atom stereocenters. The molecule has 0 saturated heterocycles. The summed E-state index contributed by atoms with van der Waals surface area (Å²) in [7, 11) is 0. The number of amides is 1. The van der Waals surface area contributed by atoms with E-state index >= 15 is 0 Å².